The van der Waals surface area contributed by atoms with Crippen LogP contribution in [-0.4, -0.2) is 79.3 Å². The maximum atomic E-state index is 12.3. The van der Waals surface area contributed by atoms with Crippen LogP contribution >= 0.6 is 0 Å². The molecule has 0 aliphatic carbocycles. The summed E-state index contributed by atoms with van der Waals surface area (Å²) in [5.41, 5.74) is 0.519. The second kappa shape index (κ2) is 10.6. The minimum Gasteiger partial charge on any atom is -0.465 e. The van der Waals surface area contributed by atoms with Crippen LogP contribution in [-0.2, 0) is 25.6 Å². The molecule has 0 spiro atoms. The van der Waals surface area contributed by atoms with Gasteiger partial charge in [0.1, 0.15) is 18.8 Å². The number of amides is 3. The Morgan fingerprint density at radius 3 is 2.10 bits per heavy atom. The summed E-state index contributed by atoms with van der Waals surface area (Å²) < 4.78 is 15.0. The number of hydrogen-bond acceptors (Lipinski definition) is 7. The van der Waals surface area contributed by atoms with Crippen LogP contribution in [0.2, 0.25) is 0 Å². The number of ether oxygens (including phenoxy) is 3. The molecule has 1 fully saturated rings. The van der Waals surface area contributed by atoms with Crippen LogP contribution in [0.25, 0.3) is 0 Å². The van der Waals surface area contributed by atoms with Gasteiger partial charge in [-0.25, -0.2) is 14.4 Å². The van der Waals surface area contributed by atoms with Gasteiger partial charge in [-0.2, -0.15) is 0 Å². The number of nitrogens with zero attached hydrogens (tertiary/aromatic N) is 2. The summed E-state index contributed by atoms with van der Waals surface area (Å²) in [4.78, 5) is 50.7. The molecule has 31 heavy (non-hydrogen) atoms. The molecule has 1 N–H and O–H groups in total. The number of carbonyl (C=O) groups excluding carboxylic acids is 4. The number of hydrogen-bond donors (Lipinski definition) is 1. The molecule has 0 radical (unpaired) electrons. The zero-order valence-electron chi connectivity index (χ0n) is 18.3. The summed E-state index contributed by atoms with van der Waals surface area (Å²) in [6.45, 7) is 6.48. The van der Waals surface area contributed by atoms with E-state index in [4.69, 9.17) is 9.47 Å². The van der Waals surface area contributed by atoms with E-state index < -0.39 is 23.8 Å². The van der Waals surface area contributed by atoms with Gasteiger partial charge < -0.3 is 29.3 Å². The molecule has 1 aromatic rings. The van der Waals surface area contributed by atoms with Gasteiger partial charge in [0, 0.05) is 26.2 Å². The SMILES string of the molecule is COC(=O)c1ccc(COC(=O)N2CCN(C(=O)CNC(=O)OC(C)(C)C)CC2)cc1. The first-order chi connectivity index (χ1) is 14.6. The molecule has 2 rings (SSSR count). The fourth-order valence-electron chi connectivity index (χ4n) is 2.80. The van der Waals surface area contributed by atoms with E-state index >= 15 is 0 Å². The Morgan fingerprint density at radius 1 is 0.968 bits per heavy atom. The van der Waals surface area contributed by atoms with Crippen molar-refractivity contribution in [1.29, 1.82) is 0 Å². The highest BCUT2D eigenvalue weighted by Gasteiger charge is 2.25. The normalized spacial score (nSPS) is 13.9. The molecule has 1 saturated heterocycles. The molecular weight excluding hydrogens is 406 g/mol. The van der Waals surface area contributed by atoms with E-state index in [2.05, 4.69) is 10.1 Å². The number of piperazine rings is 1. The Kier molecular flexibility index (Phi) is 8.23. The van der Waals surface area contributed by atoms with E-state index in [1.807, 2.05) is 0 Å². The fraction of sp³-hybridized carbons (Fsp3) is 0.524. The van der Waals surface area contributed by atoms with Crippen molar-refractivity contribution in [2.75, 3.05) is 39.8 Å². The summed E-state index contributed by atoms with van der Waals surface area (Å²) in [5, 5.41) is 2.44. The van der Waals surface area contributed by atoms with Crippen LogP contribution in [0.4, 0.5) is 9.59 Å². The molecule has 1 aliphatic heterocycles. The number of benzene rings is 1. The average Bonchev–Trinajstić information content (AvgIpc) is 2.74. The third-order valence-corrected chi connectivity index (χ3v) is 4.41. The summed E-state index contributed by atoms with van der Waals surface area (Å²) in [6, 6.07) is 6.58. The van der Waals surface area contributed by atoms with Crippen molar-refractivity contribution in [3.8, 4) is 0 Å². The zero-order valence-corrected chi connectivity index (χ0v) is 18.3. The number of esters is 1. The number of alkyl carbamates (subject to hydrolysis) is 1. The highest BCUT2D eigenvalue weighted by Crippen LogP contribution is 2.10. The van der Waals surface area contributed by atoms with Crippen LogP contribution in [0.15, 0.2) is 24.3 Å². The topological polar surface area (TPSA) is 114 Å². The van der Waals surface area contributed by atoms with E-state index in [-0.39, 0.29) is 19.1 Å². The molecule has 0 atom stereocenters. The lowest BCUT2D eigenvalue weighted by molar-refractivity contribution is -0.131. The number of nitrogens with one attached hydrogen (secondary N) is 1. The monoisotopic (exact) mass is 435 g/mol. The highest BCUT2D eigenvalue weighted by atomic mass is 16.6. The maximum absolute atomic E-state index is 12.3. The van der Waals surface area contributed by atoms with E-state index in [0.29, 0.717) is 31.7 Å². The molecule has 1 heterocycles. The van der Waals surface area contributed by atoms with Crippen molar-refractivity contribution in [3.05, 3.63) is 35.4 Å². The molecule has 170 valence electrons. The van der Waals surface area contributed by atoms with Crippen molar-refractivity contribution in [2.24, 2.45) is 0 Å². The lowest BCUT2D eigenvalue weighted by atomic mass is 10.1. The van der Waals surface area contributed by atoms with Crippen LogP contribution in [0.5, 0.6) is 0 Å². The van der Waals surface area contributed by atoms with Gasteiger partial charge in [0.05, 0.1) is 12.7 Å². The molecule has 10 nitrogen and oxygen atoms in total. The summed E-state index contributed by atoms with van der Waals surface area (Å²) in [5.74, 6) is -0.679. The number of carbonyl (C=O) groups is 4. The number of methoxy groups -OCH3 is 1. The van der Waals surface area contributed by atoms with Crippen molar-refractivity contribution in [3.63, 3.8) is 0 Å². The molecule has 0 unspecified atom stereocenters. The van der Waals surface area contributed by atoms with Gasteiger partial charge in [-0.05, 0) is 38.5 Å². The van der Waals surface area contributed by atoms with Gasteiger partial charge >= 0.3 is 18.2 Å². The van der Waals surface area contributed by atoms with Crippen molar-refractivity contribution in [2.45, 2.75) is 33.0 Å². The molecule has 1 aliphatic rings. The van der Waals surface area contributed by atoms with Gasteiger partial charge in [-0.3, -0.25) is 4.79 Å². The third-order valence-electron chi connectivity index (χ3n) is 4.41. The van der Waals surface area contributed by atoms with E-state index in [9.17, 15) is 19.2 Å². The quantitative estimate of drug-likeness (QED) is 0.554. The highest BCUT2D eigenvalue weighted by molar-refractivity contribution is 5.89. The van der Waals surface area contributed by atoms with Crippen LogP contribution in [0.3, 0.4) is 0 Å². The molecule has 0 aromatic heterocycles. The Labute approximate surface area is 181 Å². The Morgan fingerprint density at radius 2 is 1.55 bits per heavy atom. The minimum absolute atomic E-state index is 0.0687. The van der Waals surface area contributed by atoms with Crippen LogP contribution in [0.1, 0.15) is 36.7 Å². The maximum Gasteiger partial charge on any atom is 0.410 e. The summed E-state index contributed by atoms with van der Waals surface area (Å²) >= 11 is 0. The predicted octanol–water partition coefficient (Wildman–Crippen LogP) is 1.78. The first kappa shape index (κ1) is 24.0. The molecule has 3 amide bonds. The summed E-state index contributed by atoms with van der Waals surface area (Å²) in [7, 11) is 1.31. The van der Waals surface area contributed by atoms with Gasteiger partial charge in [0.15, 0.2) is 0 Å². The standard InChI is InChI=1S/C21H29N3O7/c1-21(2,3)31-19(27)22-13-17(25)23-9-11-24(12-10-23)20(28)30-14-15-5-7-16(8-6-15)18(26)29-4/h5-8H,9-14H2,1-4H3,(H,22,27). The largest absolute Gasteiger partial charge is 0.465 e. The number of rotatable bonds is 5. The first-order valence-electron chi connectivity index (χ1n) is 9.92. The summed E-state index contributed by atoms with van der Waals surface area (Å²) in [6.07, 6.45) is -1.13. The van der Waals surface area contributed by atoms with E-state index in [0.717, 1.165) is 5.56 Å². The van der Waals surface area contributed by atoms with Crippen LogP contribution < -0.4 is 5.32 Å². The average molecular weight is 435 g/mol. The second-order valence-corrected chi connectivity index (χ2v) is 7.97. The first-order valence-corrected chi connectivity index (χ1v) is 9.92. The Hall–Kier alpha value is -3.30. The van der Waals surface area contributed by atoms with E-state index in [1.54, 1.807) is 49.9 Å². The fourth-order valence-corrected chi connectivity index (χ4v) is 2.80. The van der Waals surface area contributed by atoms with E-state index in [1.165, 1.54) is 12.0 Å². The Bertz CT molecular complexity index is 794. The van der Waals surface area contributed by atoms with Crippen molar-refractivity contribution < 1.29 is 33.4 Å². The molecule has 0 bridgehead atoms. The smallest absolute Gasteiger partial charge is 0.410 e. The lowest BCUT2D eigenvalue weighted by Crippen LogP contribution is -2.52. The Balaban J connectivity index is 1.71. The molecular formula is C21H29N3O7. The van der Waals surface area contributed by atoms with Gasteiger partial charge in [0.2, 0.25) is 5.91 Å². The molecule has 1 aromatic carbocycles. The van der Waals surface area contributed by atoms with Crippen molar-refractivity contribution >= 4 is 24.1 Å². The van der Waals surface area contributed by atoms with Gasteiger partial charge in [-0.15, -0.1) is 0 Å². The third kappa shape index (κ3) is 7.80. The molecule has 10 heteroatoms. The second-order valence-electron chi connectivity index (χ2n) is 7.97. The zero-order chi connectivity index (χ0) is 23.0. The minimum atomic E-state index is -0.650. The van der Waals surface area contributed by atoms with Crippen LogP contribution in [0, 0.1) is 0 Å². The van der Waals surface area contributed by atoms with Gasteiger partial charge in [0.25, 0.3) is 0 Å². The molecule has 0 saturated carbocycles. The predicted molar refractivity (Wildman–Crippen MR) is 110 cm³/mol. The van der Waals surface area contributed by atoms with Crippen molar-refractivity contribution in [1.82, 2.24) is 15.1 Å². The lowest BCUT2D eigenvalue weighted by Gasteiger charge is -2.34. The van der Waals surface area contributed by atoms with Gasteiger partial charge in [-0.1, -0.05) is 12.1 Å².